The second-order valence-corrected chi connectivity index (χ2v) is 3.02. The molecule has 0 spiro atoms. The van der Waals surface area contributed by atoms with Crippen LogP contribution in [-0.2, 0) is 9.53 Å². The maximum atomic E-state index is 10.8. The Bertz CT molecular complexity index is 512. The highest BCUT2D eigenvalue weighted by Crippen LogP contribution is 2.25. The summed E-state index contributed by atoms with van der Waals surface area (Å²) in [5.74, 6) is 4.17. The first-order chi connectivity index (χ1) is 8.04. The Kier molecular flexibility index (Phi) is 4.06. The SMILES string of the molecule is COC(=O)CC#Cc1ccc(O)c([N+](=O)[O-])c1. The van der Waals surface area contributed by atoms with Crippen molar-refractivity contribution < 1.29 is 19.6 Å². The van der Waals surface area contributed by atoms with E-state index in [0.29, 0.717) is 5.56 Å². The minimum absolute atomic E-state index is 0.0921. The number of nitro groups is 1. The number of ether oxygens (including phenoxy) is 1. The number of esters is 1. The Morgan fingerprint density at radius 3 is 2.88 bits per heavy atom. The van der Waals surface area contributed by atoms with E-state index in [4.69, 9.17) is 0 Å². The molecule has 1 rings (SSSR count). The predicted molar refractivity (Wildman–Crippen MR) is 58.3 cm³/mol. The lowest BCUT2D eigenvalue weighted by atomic mass is 10.2. The summed E-state index contributed by atoms with van der Waals surface area (Å²) in [6.45, 7) is 0. The summed E-state index contributed by atoms with van der Waals surface area (Å²) < 4.78 is 4.38. The van der Waals surface area contributed by atoms with E-state index < -0.39 is 22.3 Å². The molecule has 0 aliphatic carbocycles. The number of nitro benzene ring substituents is 1. The van der Waals surface area contributed by atoms with E-state index >= 15 is 0 Å². The van der Waals surface area contributed by atoms with Crippen molar-refractivity contribution in [2.75, 3.05) is 7.11 Å². The van der Waals surface area contributed by atoms with Gasteiger partial charge in [0.05, 0.1) is 12.0 Å². The summed E-state index contributed by atoms with van der Waals surface area (Å²) in [6.07, 6.45) is -0.0921. The zero-order valence-corrected chi connectivity index (χ0v) is 8.97. The van der Waals surface area contributed by atoms with E-state index in [1.165, 1.54) is 19.2 Å². The van der Waals surface area contributed by atoms with Gasteiger partial charge in [-0.1, -0.05) is 11.8 Å². The van der Waals surface area contributed by atoms with Crippen LogP contribution in [0, 0.1) is 22.0 Å². The topological polar surface area (TPSA) is 89.7 Å². The van der Waals surface area contributed by atoms with Crippen molar-refractivity contribution in [3.63, 3.8) is 0 Å². The molecular formula is C11H9NO5. The average molecular weight is 235 g/mol. The lowest BCUT2D eigenvalue weighted by molar-refractivity contribution is -0.385. The van der Waals surface area contributed by atoms with Crippen LogP contribution in [0.4, 0.5) is 5.69 Å². The maximum absolute atomic E-state index is 10.8. The Hall–Kier alpha value is -2.55. The number of phenolic OH excluding ortho intramolecular Hbond substituents is 1. The van der Waals surface area contributed by atoms with Crippen LogP contribution in [-0.4, -0.2) is 23.1 Å². The largest absolute Gasteiger partial charge is 0.502 e. The molecule has 1 N–H and O–H groups in total. The molecule has 1 aromatic carbocycles. The molecule has 17 heavy (non-hydrogen) atoms. The molecule has 6 heteroatoms. The van der Waals surface area contributed by atoms with Crippen LogP contribution < -0.4 is 0 Å². The minimum Gasteiger partial charge on any atom is -0.502 e. The number of hydrogen-bond acceptors (Lipinski definition) is 5. The predicted octanol–water partition coefficient (Wildman–Crippen LogP) is 1.21. The third kappa shape index (κ3) is 3.50. The smallest absolute Gasteiger partial charge is 0.317 e. The number of hydrogen-bond donors (Lipinski definition) is 1. The standard InChI is InChI=1S/C11H9NO5/c1-17-11(14)4-2-3-8-5-6-10(13)9(7-8)12(15)16/h5-7,13H,4H2,1H3. The molecule has 0 bridgehead atoms. The highest BCUT2D eigenvalue weighted by Gasteiger charge is 2.12. The van der Waals surface area contributed by atoms with E-state index in [2.05, 4.69) is 16.6 Å². The Balaban J connectivity index is 2.89. The van der Waals surface area contributed by atoms with Crippen LogP contribution in [0.3, 0.4) is 0 Å². The molecular weight excluding hydrogens is 226 g/mol. The number of carbonyl (C=O) groups excluding carboxylic acids is 1. The molecule has 1 aromatic rings. The monoisotopic (exact) mass is 235 g/mol. The first-order valence-electron chi connectivity index (χ1n) is 4.57. The van der Waals surface area contributed by atoms with Crippen molar-refractivity contribution in [3.8, 4) is 17.6 Å². The first-order valence-corrected chi connectivity index (χ1v) is 4.57. The molecule has 0 unspecified atom stereocenters. The molecule has 0 aromatic heterocycles. The lowest BCUT2D eigenvalue weighted by Crippen LogP contribution is -1.97. The number of carbonyl (C=O) groups is 1. The summed E-state index contributed by atoms with van der Waals surface area (Å²) in [4.78, 5) is 20.6. The van der Waals surface area contributed by atoms with E-state index in [-0.39, 0.29) is 6.42 Å². The van der Waals surface area contributed by atoms with E-state index in [1.54, 1.807) is 0 Å². The van der Waals surface area contributed by atoms with Gasteiger partial charge in [-0.2, -0.15) is 0 Å². The van der Waals surface area contributed by atoms with Crippen molar-refractivity contribution >= 4 is 11.7 Å². The second-order valence-electron chi connectivity index (χ2n) is 3.02. The summed E-state index contributed by atoms with van der Waals surface area (Å²) in [6, 6.07) is 3.74. The molecule has 0 aliphatic rings. The van der Waals surface area contributed by atoms with Gasteiger partial charge in [0.2, 0.25) is 0 Å². The number of phenols is 1. The van der Waals surface area contributed by atoms with Crippen molar-refractivity contribution in [2.45, 2.75) is 6.42 Å². The second kappa shape index (κ2) is 5.51. The molecule has 0 atom stereocenters. The highest BCUT2D eigenvalue weighted by atomic mass is 16.6. The fourth-order valence-electron chi connectivity index (χ4n) is 1.04. The van der Waals surface area contributed by atoms with Gasteiger partial charge in [0.15, 0.2) is 5.75 Å². The maximum Gasteiger partial charge on any atom is 0.317 e. The van der Waals surface area contributed by atoms with Crippen LogP contribution in [0.15, 0.2) is 18.2 Å². The molecule has 88 valence electrons. The molecule has 0 saturated heterocycles. The summed E-state index contributed by atoms with van der Waals surface area (Å²) in [7, 11) is 1.25. The zero-order chi connectivity index (χ0) is 12.8. The van der Waals surface area contributed by atoms with Gasteiger partial charge >= 0.3 is 11.7 Å². The summed E-state index contributed by atoms with van der Waals surface area (Å²) in [5, 5.41) is 19.7. The highest BCUT2D eigenvalue weighted by molar-refractivity contribution is 5.72. The minimum atomic E-state index is -0.708. The Labute approximate surface area is 97.0 Å². The average Bonchev–Trinajstić information content (AvgIpc) is 2.30. The third-order valence-corrected chi connectivity index (χ3v) is 1.87. The summed E-state index contributed by atoms with van der Waals surface area (Å²) >= 11 is 0. The molecule has 0 radical (unpaired) electrons. The van der Waals surface area contributed by atoms with Crippen LogP contribution >= 0.6 is 0 Å². The molecule has 6 nitrogen and oxygen atoms in total. The molecule has 0 amide bonds. The lowest BCUT2D eigenvalue weighted by Gasteiger charge is -1.95. The van der Waals surface area contributed by atoms with Gasteiger partial charge < -0.3 is 9.84 Å². The Morgan fingerprint density at radius 1 is 1.59 bits per heavy atom. The van der Waals surface area contributed by atoms with Crippen molar-refractivity contribution in [1.82, 2.24) is 0 Å². The molecule has 0 heterocycles. The molecule has 0 aliphatic heterocycles. The van der Waals surface area contributed by atoms with E-state index in [1.807, 2.05) is 0 Å². The number of nitrogens with zero attached hydrogens (tertiary/aromatic N) is 1. The third-order valence-electron chi connectivity index (χ3n) is 1.87. The van der Waals surface area contributed by atoms with Crippen molar-refractivity contribution in [1.29, 1.82) is 0 Å². The van der Waals surface area contributed by atoms with Crippen LogP contribution in [0.2, 0.25) is 0 Å². The van der Waals surface area contributed by atoms with Crippen LogP contribution in [0.5, 0.6) is 5.75 Å². The zero-order valence-electron chi connectivity index (χ0n) is 8.97. The van der Waals surface area contributed by atoms with Gasteiger partial charge in [0.1, 0.15) is 6.42 Å². The van der Waals surface area contributed by atoms with E-state index in [0.717, 1.165) is 6.07 Å². The van der Waals surface area contributed by atoms with Crippen molar-refractivity contribution in [2.24, 2.45) is 0 Å². The summed E-state index contributed by atoms with van der Waals surface area (Å²) in [5.41, 5.74) is -0.0757. The van der Waals surface area contributed by atoms with Crippen LogP contribution in [0.25, 0.3) is 0 Å². The quantitative estimate of drug-likeness (QED) is 0.360. The van der Waals surface area contributed by atoms with Gasteiger partial charge in [-0.3, -0.25) is 14.9 Å². The van der Waals surface area contributed by atoms with Gasteiger partial charge in [-0.15, -0.1) is 0 Å². The van der Waals surface area contributed by atoms with Gasteiger partial charge in [-0.05, 0) is 12.1 Å². The Morgan fingerprint density at radius 2 is 2.29 bits per heavy atom. The fraction of sp³-hybridized carbons (Fsp3) is 0.182. The number of rotatable bonds is 2. The van der Waals surface area contributed by atoms with Crippen LogP contribution in [0.1, 0.15) is 12.0 Å². The van der Waals surface area contributed by atoms with Gasteiger partial charge in [-0.25, -0.2) is 0 Å². The number of aromatic hydroxyl groups is 1. The molecule has 0 saturated carbocycles. The van der Waals surface area contributed by atoms with Gasteiger partial charge in [0, 0.05) is 11.6 Å². The van der Waals surface area contributed by atoms with E-state index in [9.17, 15) is 20.0 Å². The van der Waals surface area contributed by atoms with Gasteiger partial charge in [0.25, 0.3) is 0 Å². The number of methoxy groups -OCH3 is 1. The number of benzene rings is 1. The first kappa shape index (κ1) is 12.5. The van der Waals surface area contributed by atoms with Crippen molar-refractivity contribution in [3.05, 3.63) is 33.9 Å². The fourth-order valence-corrected chi connectivity index (χ4v) is 1.04. The normalized spacial score (nSPS) is 9.00. The molecule has 0 fully saturated rings.